The molecule has 1 aromatic heterocycles. The molecule has 6 nitrogen and oxygen atoms in total. The highest BCUT2D eigenvalue weighted by Gasteiger charge is 2.10. The molecule has 27 heavy (non-hydrogen) atoms. The second-order valence-electron chi connectivity index (χ2n) is 6.51. The molecule has 0 aliphatic heterocycles. The molecule has 0 saturated heterocycles. The Morgan fingerprint density at radius 2 is 2.04 bits per heavy atom. The fourth-order valence-electron chi connectivity index (χ4n) is 2.82. The third kappa shape index (κ3) is 4.57. The van der Waals surface area contributed by atoms with E-state index in [0.717, 1.165) is 0 Å². The van der Waals surface area contributed by atoms with E-state index in [4.69, 9.17) is 0 Å². The van der Waals surface area contributed by atoms with Crippen LogP contribution in [0.5, 0.6) is 0 Å². The maximum Gasteiger partial charge on any atom is 0.261 e. The van der Waals surface area contributed by atoms with E-state index in [9.17, 15) is 14.0 Å². The summed E-state index contributed by atoms with van der Waals surface area (Å²) in [5.74, 6) is -0.577. The van der Waals surface area contributed by atoms with E-state index >= 15 is 0 Å². The Kier molecular flexibility index (Phi) is 5.61. The average molecular weight is 368 g/mol. The molecule has 0 spiro atoms. The van der Waals surface area contributed by atoms with Gasteiger partial charge in [-0.25, -0.2) is 9.37 Å². The Labute approximate surface area is 156 Å². The molecule has 140 valence electrons. The van der Waals surface area contributed by atoms with Crippen molar-refractivity contribution >= 4 is 22.5 Å². The molecule has 0 radical (unpaired) electrons. The van der Waals surface area contributed by atoms with Crippen molar-refractivity contribution in [1.29, 1.82) is 0 Å². The van der Waals surface area contributed by atoms with Gasteiger partial charge < -0.3 is 10.6 Å². The highest BCUT2D eigenvalue weighted by atomic mass is 19.1. The van der Waals surface area contributed by atoms with Gasteiger partial charge in [-0.1, -0.05) is 12.1 Å². The predicted molar refractivity (Wildman–Crippen MR) is 103 cm³/mol. The van der Waals surface area contributed by atoms with E-state index in [1.807, 2.05) is 13.0 Å². The molecular formula is C20H21FN4O2. The van der Waals surface area contributed by atoms with Crippen LogP contribution < -0.4 is 16.2 Å². The SMILES string of the molecule is Cc1cc(F)ccc1NC(=O)CNC(C)Cn1cnc2ccccc2c1=O. The van der Waals surface area contributed by atoms with Crippen molar-refractivity contribution in [2.24, 2.45) is 0 Å². The third-order valence-corrected chi connectivity index (χ3v) is 4.28. The lowest BCUT2D eigenvalue weighted by molar-refractivity contribution is -0.115. The largest absolute Gasteiger partial charge is 0.325 e. The number of hydrogen-bond donors (Lipinski definition) is 2. The number of aryl methyl sites for hydroxylation is 1. The van der Waals surface area contributed by atoms with Crippen molar-refractivity contribution in [3.05, 3.63) is 70.5 Å². The standard InChI is InChI=1S/C20H21FN4O2/c1-13-9-15(21)7-8-17(13)24-19(26)10-22-14(2)11-25-12-23-18-6-4-3-5-16(18)20(25)27/h3-9,12,14,22H,10-11H2,1-2H3,(H,24,26). The molecule has 0 bridgehead atoms. The molecule has 0 aliphatic rings. The first-order valence-corrected chi connectivity index (χ1v) is 8.67. The van der Waals surface area contributed by atoms with E-state index < -0.39 is 0 Å². The van der Waals surface area contributed by atoms with Crippen LogP contribution in [0.15, 0.2) is 53.6 Å². The summed E-state index contributed by atoms with van der Waals surface area (Å²) in [6.45, 7) is 4.08. The number of benzene rings is 2. The lowest BCUT2D eigenvalue weighted by atomic mass is 10.2. The number of carbonyl (C=O) groups excluding carboxylic acids is 1. The van der Waals surface area contributed by atoms with Crippen molar-refractivity contribution in [1.82, 2.24) is 14.9 Å². The molecule has 3 rings (SSSR count). The van der Waals surface area contributed by atoms with Crippen LogP contribution in [0.25, 0.3) is 10.9 Å². The maximum absolute atomic E-state index is 13.1. The van der Waals surface area contributed by atoms with Crippen LogP contribution in [0.1, 0.15) is 12.5 Å². The number of nitrogens with one attached hydrogen (secondary N) is 2. The van der Waals surface area contributed by atoms with Gasteiger partial charge in [0.05, 0.1) is 23.8 Å². The van der Waals surface area contributed by atoms with Gasteiger partial charge in [0, 0.05) is 18.3 Å². The number of hydrogen-bond acceptors (Lipinski definition) is 4. The van der Waals surface area contributed by atoms with Gasteiger partial charge in [-0.3, -0.25) is 14.2 Å². The van der Waals surface area contributed by atoms with Gasteiger partial charge in [-0.2, -0.15) is 0 Å². The van der Waals surface area contributed by atoms with E-state index in [2.05, 4.69) is 15.6 Å². The highest BCUT2D eigenvalue weighted by Crippen LogP contribution is 2.15. The van der Waals surface area contributed by atoms with Crippen LogP contribution in [-0.2, 0) is 11.3 Å². The summed E-state index contributed by atoms with van der Waals surface area (Å²) in [6.07, 6.45) is 1.52. The summed E-state index contributed by atoms with van der Waals surface area (Å²) in [7, 11) is 0. The Hall–Kier alpha value is -3.06. The zero-order chi connectivity index (χ0) is 19.4. The van der Waals surface area contributed by atoms with Gasteiger partial charge in [0.2, 0.25) is 5.91 Å². The zero-order valence-corrected chi connectivity index (χ0v) is 15.2. The smallest absolute Gasteiger partial charge is 0.261 e. The molecule has 1 unspecified atom stereocenters. The minimum Gasteiger partial charge on any atom is -0.325 e. The average Bonchev–Trinajstić information content (AvgIpc) is 2.65. The second-order valence-corrected chi connectivity index (χ2v) is 6.51. The Bertz CT molecular complexity index is 1030. The van der Waals surface area contributed by atoms with Crippen molar-refractivity contribution < 1.29 is 9.18 Å². The number of aromatic nitrogens is 2. The van der Waals surface area contributed by atoms with Crippen LogP contribution in [0.3, 0.4) is 0 Å². The summed E-state index contributed by atoms with van der Waals surface area (Å²) < 4.78 is 14.6. The van der Waals surface area contributed by atoms with Gasteiger partial charge in [0.1, 0.15) is 5.82 Å². The zero-order valence-electron chi connectivity index (χ0n) is 15.2. The van der Waals surface area contributed by atoms with E-state index in [-0.39, 0.29) is 29.9 Å². The maximum atomic E-state index is 13.1. The van der Waals surface area contributed by atoms with Crippen molar-refractivity contribution in [2.45, 2.75) is 26.4 Å². The molecule has 0 fully saturated rings. The quantitative estimate of drug-likeness (QED) is 0.701. The molecule has 2 aromatic carbocycles. The number of carbonyl (C=O) groups is 1. The Morgan fingerprint density at radius 3 is 2.81 bits per heavy atom. The van der Waals surface area contributed by atoms with Crippen LogP contribution in [0.2, 0.25) is 0 Å². The van der Waals surface area contributed by atoms with Crippen molar-refractivity contribution in [2.75, 3.05) is 11.9 Å². The third-order valence-electron chi connectivity index (χ3n) is 4.28. The number of halogens is 1. The summed E-state index contributed by atoms with van der Waals surface area (Å²) in [4.78, 5) is 28.9. The molecule has 3 aromatic rings. The van der Waals surface area contributed by atoms with Gasteiger partial charge in [-0.15, -0.1) is 0 Å². The van der Waals surface area contributed by atoms with E-state index in [1.165, 1.54) is 29.1 Å². The van der Waals surface area contributed by atoms with Crippen LogP contribution in [0.4, 0.5) is 10.1 Å². The molecule has 1 amide bonds. The topological polar surface area (TPSA) is 76.0 Å². The summed E-state index contributed by atoms with van der Waals surface area (Å²) in [5, 5.41) is 6.39. The number of rotatable bonds is 6. The molecule has 0 aliphatic carbocycles. The minimum absolute atomic E-state index is 0.0771. The van der Waals surface area contributed by atoms with E-state index in [0.29, 0.717) is 28.7 Å². The molecular weight excluding hydrogens is 347 g/mol. The summed E-state index contributed by atoms with van der Waals surface area (Å²) >= 11 is 0. The Morgan fingerprint density at radius 1 is 1.26 bits per heavy atom. The predicted octanol–water partition coefficient (Wildman–Crippen LogP) is 2.46. The first-order chi connectivity index (χ1) is 12.9. The fourth-order valence-corrected chi connectivity index (χ4v) is 2.82. The fraction of sp³-hybridized carbons (Fsp3) is 0.250. The monoisotopic (exact) mass is 368 g/mol. The lowest BCUT2D eigenvalue weighted by Gasteiger charge is -2.16. The van der Waals surface area contributed by atoms with Crippen LogP contribution in [-0.4, -0.2) is 28.0 Å². The first kappa shape index (κ1) is 18.7. The van der Waals surface area contributed by atoms with Crippen LogP contribution in [0, 0.1) is 12.7 Å². The Balaban J connectivity index is 1.58. The summed E-state index contributed by atoms with van der Waals surface area (Å²) in [5.41, 5.74) is 1.78. The highest BCUT2D eigenvalue weighted by molar-refractivity contribution is 5.92. The number of amides is 1. The van der Waals surface area contributed by atoms with Crippen molar-refractivity contribution in [3.63, 3.8) is 0 Å². The molecule has 7 heteroatoms. The number of para-hydroxylation sites is 1. The normalized spacial score (nSPS) is 12.1. The first-order valence-electron chi connectivity index (χ1n) is 8.67. The van der Waals surface area contributed by atoms with Gasteiger partial charge >= 0.3 is 0 Å². The van der Waals surface area contributed by atoms with Gasteiger partial charge in [0.15, 0.2) is 0 Å². The van der Waals surface area contributed by atoms with Crippen molar-refractivity contribution in [3.8, 4) is 0 Å². The number of nitrogens with zero attached hydrogens (tertiary/aromatic N) is 2. The summed E-state index contributed by atoms with van der Waals surface area (Å²) in [6, 6.07) is 11.3. The number of fused-ring (bicyclic) bond motifs is 1. The van der Waals surface area contributed by atoms with Crippen LogP contribution >= 0.6 is 0 Å². The molecule has 2 N–H and O–H groups in total. The molecule has 0 saturated carbocycles. The van der Waals surface area contributed by atoms with E-state index in [1.54, 1.807) is 25.1 Å². The van der Waals surface area contributed by atoms with Gasteiger partial charge in [0.25, 0.3) is 5.56 Å². The molecule has 1 heterocycles. The number of anilines is 1. The molecule has 1 atom stereocenters. The van der Waals surface area contributed by atoms with Gasteiger partial charge in [-0.05, 0) is 49.7 Å². The minimum atomic E-state index is -0.341. The second kappa shape index (κ2) is 8.09. The lowest BCUT2D eigenvalue weighted by Crippen LogP contribution is -2.39.